The molecule has 2 aromatic rings. The van der Waals surface area contributed by atoms with E-state index in [-0.39, 0.29) is 19.1 Å². The SMILES string of the molecule is O=C(NCCO)c1cccc(-c2ccccc2)c1. The molecule has 0 radical (unpaired) electrons. The molecule has 2 aromatic carbocycles. The maximum atomic E-state index is 11.8. The summed E-state index contributed by atoms with van der Waals surface area (Å²) in [5, 5.41) is 11.3. The van der Waals surface area contributed by atoms with E-state index in [2.05, 4.69) is 5.32 Å². The van der Waals surface area contributed by atoms with Gasteiger partial charge in [0.15, 0.2) is 0 Å². The minimum atomic E-state index is -0.165. The van der Waals surface area contributed by atoms with Crippen molar-refractivity contribution in [3.05, 3.63) is 60.2 Å². The highest BCUT2D eigenvalue weighted by molar-refractivity contribution is 5.95. The standard InChI is InChI=1S/C15H15NO2/c17-10-9-16-15(18)14-8-4-7-13(11-14)12-5-2-1-3-6-12/h1-8,11,17H,9-10H2,(H,16,18). The Morgan fingerprint density at radius 3 is 2.44 bits per heavy atom. The fourth-order valence-corrected chi connectivity index (χ4v) is 1.74. The number of aliphatic hydroxyl groups excluding tert-OH is 1. The number of carbonyl (C=O) groups is 1. The van der Waals surface area contributed by atoms with Crippen LogP contribution in [-0.2, 0) is 0 Å². The van der Waals surface area contributed by atoms with Gasteiger partial charge in [0, 0.05) is 12.1 Å². The molecule has 1 amide bonds. The molecule has 0 bridgehead atoms. The molecule has 0 spiro atoms. The van der Waals surface area contributed by atoms with Gasteiger partial charge in [0.1, 0.15) is 0 Å². The fraction of sp³-hybridized carbons (Fsp3) is 0.133. The summed E-state index contributed by atoms with van der Waals surface area (Å²) in [5.74, 6) is -0.165. The van der Waals surface area contributed by atoms with Crippen LogP contribution in [0.5, 0.6) is 0 Å². The zero-order valence-corrected chi connectivity index (χ0v) is 9.97. The molecule has 18 heavy (non-hydrogen) atoms. The molecule has 0 saturated carbocycles. The maximum absolute atomic E-state index is 11.8. The highest BCUT2D eigenvalue weighted by atomic mass is 16.3. The van der Waals surface area contributed by atoms with Gasteiger partial charge in [-0.2, -0.15) is 0 Å². The van der Waals surface area contributed by atoms with E-state index < -0.39 is 0 Å². The van der Waals surface area contributed by atoms with Crippen LogP contribution in [0.3, 0.4) is 0 Å². The van der Waals surface area contributed by atoms with Crippen molar-refractivity contribution < 1.29 is 9.90 Å². The Morgan fingerprint density at radius 1 is 1.00 bits per heavy atom. The number of hydrogen-bond acceptors (Lipinski definition) is 2. The highest BCUT2D eigenvalue weighted by Gasteiger charge is 2.05. The van der Waals surface area contributed by atoms with Crippen LogP contribution in [0.15, 0.2) is 54.6 Å². The van der Waals surface area contributed by atoms with Crippen molar-refractivity contribution >= 4 is 5.91 Å². The average Bonchev–Trinajstić information content (AvgIpc) is 2.46. The summed E-state index contributed by atoms with van der Waals surface area (Å²) in [6.45, 7) is 0.221. The zero-order chi connectivity index (χ0) is 12.8. The van der Waals surface area contributed by atoms with Gasteiger partial charge in [-0.15, -0.1) is 0 Å². The minimum Gasteiger partial charge on any atom is -0.395 e. The first-order valence-electron chi connectivity index (χ1n) is 5.86. The van der Waals surface area contributed by atoms with Crippen molar-refractivity contribution in [1.82, 2.24) is 5.32 Å². The third-order valence-corrected chi connectivity index (χ3v) is 2.63. The molecule has 2 rings (SSSR count). The Bertz CT molecular complexity index is 523. The van der Waals surface area contributed by atoms with Crippen LogP contribution in [0.1, 0.15) is 10.4 Å². The summed E-state index contributed by atoms with van der Waals surface area (Å²) in [5.41, 5.74) is 2.69. The Kier molecular flexibility index (Phi) is 4.10. The lowest BCUT2D eigenvalue weighted by molar-refractivity contribution is 0.0945. The van der Waals surface area contributed by atoms with Crippen molar-refractivity contribution in [2.24, 2.45) is 0 Å². The molecule has 0 aliphatic heterocycles. The molecular weight excluding hydrogens is 226 g/mol. The molecule has 0 aliphatic rings. The summed E-state index contributed by atoms with van der Waals surface area (Å²) in [7, 11) is 0. The molecular formula is C15H15NO2. The first-order chi connectivity index (χ1) is 8.81. The van der Waals surface area contributed by atoms with Gasteiger partial charge in [0.25, 0.3) is 5.91 Å². The summed E-state index contributed by atoms with van der Waals surface area (Å²) in [4.78, 5) is 11.8. The van der Waals surface area contributed by atoms with Crippen LogP contribution in [0, 0.1) is 0 Å². The fourth-order valence-electron chi connectivity index (χ4n) is 1.74. The molecule has 0 heterocycles. The normalized spacial score (nSPS) is 10.1. The second-order valence-electron chi connectivity index (χ2n) is 3.93. The van der Waals surface area contributed by atoms with Crippen LogP contribution in [0.25, 0.3) is 11.1 Å². The number of amides is 1. The Morgan fingerprint density at radius 2 is 1.72 bits per heavy atom. The second-order valence-corrected chi connectivity index (χ2v) is 3.93. The zero-order valence-electron chi connectivity index (χ0n) is 9.97. The first-order valence-corrected chi connectivity index (χ1v) is 5.86. The second kappa shape index (κ2) is 5.98. The van der Waals surface area contributed by atoms with E-state index >= 15 is 0 Å². The van der Waals surface area contributed by atoms with Gasteiger partial charge in [-0.1, -0.05) is 42.5 Å². The molecule has 92 valence electrons. The van der Waals surface area contributed by atoms with Crippen molar-refractivity contribution in [2.45, 2.75) is 0 Å². The van der Waals surface area contributed by atoms with Crippen molar-refractivity contribution in [3.8, 4) is 11.1 Å². The number of benzene rings is 2. The van der Waals surface area contributed by atoms with Crippen LogP contribution in [0.2, 0.25) is 0 Å². The molecule has 0 unspecified atom stereocenters. The average molecular weight is 241 g/mol. The van der Waals surface area contributed by atoms with Gasteiger partial charge in [-0.25, -0.2) is 0 Å². The highest BCUT2D eigenvalue weighted by Crippen LogP contribution is 2.19. The van der Waals surface area contributed by atoms with E-state index in [1.165, 1.54) is 0 Å². The van der Waals surface area contributed by atoms with E-state index in [0.717, 1.165) is 11.1 Å². The number of carbonyl (C=O) groups excluding carboxylic acids is 1. The summed E-state index contributed by atoms with van der Waals surface area (Å²) in [6, 6.07) is 17.3. The number of nitrogens with one attached hydrogen (secondary N) is 1. The van der Waals surface area contributed by atoms with E-state index in [0.29, 0.717) is 5.56 Å². The number of hydrogen-bond donors (Lipinski definition) is 2. The quantitative estimate of drug-likeness (QED) is 0.861. The van der Waals surface area contributed by atoms with Crippen LogP contribution >= 0.6 is 0 Å². The van der Waals surface area contributed by atoms with Crippen molar-refractivity contribution in [1.29, 1.82) is 0 Å². The molecule has 2 N–H and O–H groups in total. The molecule has 0 atom stereocenters. The molecule has 3 heteroatoms. The third-order valence-electron chi connectivity index (χ3n) is 2.63. The molecule has 0 fully saturated rings. The minimum absolute atomic E-state index is 0.0515. The molecule has 3 nitrogen and oxygen atoms in total. The largest absolute Gasteiger partial charge is 0.395 e. The lowest BCUT2D eigenvalue weighted by atomic mass is 10.0. The predicted molar refractivity (Wildman–Crippen MR) is 71.3 cm³/mol. The summed E-state index contributed by atoms with van der Waals surface area (Å²) < 4.78 is 0. The van der Waals surface area contributed by atoms with Crippen LogP contribution < -0.4 is 5.32 Å². The van der Waals surface area contributed by atoms with E-state index in [9.17, 15) is 4.79 Å². The Labute approximate surface area is 106 Å². The molecule has 0 aromatic heterocycles. The number of aliphatic hydroxyl groups is 1. The maximum Gasteiger partial charge on any atom is 0.251 e. The lowest BCUT2D eigenvalue weighted by Crippen LogP contribution is -2.26. The van der Waals surface area contributed by atoms with E-state index in [4.69, 9.17) is 5.11 Å². The van der Waals surface area contributed by atoms with Crippen LogP contribution in [-0.4, -0.2) is 24.2 Å². The molecule has 0 saturated heterocycles. The van der Waals surface area contributed by atoms with Gasteiger partial charge in [-0.05, 0) is 23.3 Å². The summed E-state index contributed by atoms with van der Waals surface area (Å²) in [6.07, 6.45) is 0. The van der Waals surface area contributed by atoms with E-state index in [1.54, 1.807) is 6.07 Å². The van der Waals surface area contributed by atoms with E-state index in [1.807, 2.05) is 48.5 Å². The monoisotopic (exact) mass is 241 g/mol. The Balaban J connectivity index is 2.23. The van der Waals surface area contributed by atoms with Gasteiger partial charge in [0.2, 0.25) is 0 Å². The first kappa shape index (κ1) is 12.3. The number of rotatable bonds is 4. The van der Waals surface area contributed by atoms with Gasteiger partial charge in [-0.3, -0.25) is 4.79 Å². The Hall–Kier alpha value is -2.13. The summed E-state index contributed by atoms with van der Waals surface area (Å²) >= 11 is 0. The molecule has 0 aliphatic carbocycles. The third kappa shape index (κ3) is 2.96. The van der Waals surface area contributed by atoms with Crippen LogP contribution in [0.4, 0.5) is 0 Å². The lowest BCUT2D eigenvalue weighted by Gasteiger charge is -2.06. The van der Waals surface area contributed by atoms with Gasteiger partial charge < -0.3 is 10.4 Å². The smallest absolute Gasteiger partial charge is 0.251 e. The van der Waals surface area contributed by atoms with Gasteiger partial charge >= 0.3 is 0 Å². The topological polar surface area (TPSA) is 49.3 Å². The van der Waals surface area contributed by atoms with Gasteiger partial charge in [0.05, 0.1) is 6.61 Å². The predicted octanol–water partition coefficient (Wildman–Crippen LogP) is 2.08. The van der Waals surface area contributed by atoms with Crippen molar-refractivity contribution in [3.63, 3.8) is 0 Å². The van der Waals surface area contributed by atoms with Crippen molar-refractivity contribution in [2.75, 3.05) is 13.2 Å².